The highest BCUT2D eigenvalue weighted by Gasteiger charge is 2.30. The van der Waals surface area contributed by atoms with Crippen molar-refractivity contribution in [3.05, 3.63) is 34.4 Å². The van der Waals surface area contributed by atoms with Crippen molar-refractivity contribution in [2.75, 3.05) is 19.0 Å². The third-order valence-electron chi connectivity index (χ3n) is 4.18. The monoisotopic (exact) mass is 358 g/mol. The standard InChI is InChI=1S/C17H18N4O5/c1-9-18-10-4-3-5-11(19-14(23)8-26-2)15(10)17(25)21(9)12-6-7-13(22)20-16(12)24/h3-5,12H,6-8H2,1-2H3,(H,19,23)(H,20,22,24). The predicted molar refractivity (Wildman–Crippen MR) is 92.7 cm³/mol. The highest BCUT2D eigenvalue weighted by atomic mass is 16.5. The lowest BCUT2D eigenvalue weighted by molar-refractivity contribution is -0.135. The summed E-state index contributed by atoms with van der Waals surface area (Å²) in [6, 6.07) is 4.10. The molecule has 9 heteroatoms. The zero-order chi connectivity index (χ0) is 18.8. The molecule has 0 spiro atoms. The number of amides is 3. The van der Waals surface area contributed by atoms with E-state index in [1.54, 1.807) is 25.1 Å². The van der Waals surface area contributed by atoms with E-state index in [0.29, 0.717) is 17.0 Å². The van der Waals surface area contributed by atoms with Crippen LogP contribution in [0.3, 0.4) is 0 Å². The van der Waals surface area contributed by atoms with E-state index in [4.69, 9.17) is 4.74 Å². The minimum Gasteiger partial charge on any atom is -0.375 e. The fraction of sp³-hybridized carbons (Fsp3) is 0.353. The molecular formula is C17H18N4O5. The number of imide groups is 1. The number of carbonyl (C=O) groups is 3. The van der Waals surface area contributed by atoms with Crippen LogP contribution in [0.25, 0.3) is 10.9 Å². The SMILES string of the molecule is COCC(=O)Nc1cccc2nc(C)n(C3CCC(=O)NC3=O)c(=O)c12. The largest absolute Gasteiger partial charge is 0.375 e. The van der Waals surface area contributed by atoms with Gasteiger partial charge in [-0.25, -0.2) is 4.98 Å². The normalized spacial score (nSPS) is 17.2. The molecule has 1 aliphatic rings. The van der Waals surface area contributed by atoms with Gasteiger partial charge in [-0.1, -0.05) is 6.07 Å². The van der Waals surface area contributed by atoms with Crippen LogP contribution >= 0.6 is 0 Å². The Morgan fingerprint density at radius 3 is 2.85 bits per heavy atom. The number of piperidine rings is 1. The first kappa shape index (κ1) is 17.7. The van der Waals surface area contributed by atoms with Crippen molar-refractivity contribution < 1.29 is 19.1 Å². The maximum absolute atomic E-state index is 13.1. The topological polar surface area (TPSA) is 119 Å². The molecular weight excluding hydrogens is 340 g/mol. The quantitative estimate of drug-likeness (QED) is 0.757. The molecule has 1 atom stereocenters. The summed E-state index contributed by atoms with van der Waals surface area (Å²) in [5.41, 5.74) is 0.254. The smallest absolute Gasteiger partial charge is 0.264 e. The van der Waals surface area contributed by atoms with E-state index in [0.717, 1.165) is 0 Å². The molecule has 1 aromatic heterocycles. The molecule has 1 unspecified atom stereocenters. The van der Waals surface area contributed by atoms with E-state index in [1.165, 1.54) is 11.7 Å². The second-order valence-electron chi connectivity index (χ2n) is 5.98. The number of hydrogen-bond acceptors (Lipinski definition) is 6. The van der Waals surface area contributed by atoms with E-state index in [9.17, 15) is 19.2 Å². The van der Waals surface area contributed by atoms with E-state index in [2.05, 4.69) is 15.6 Å². The second kappa shape index (κ2) is 7.04. The van der Waals surface area contributed by atoms with Crippen LogP contribution < -0.4 is 16.2 Å². The van der Waals surface area contributed by atoms with Gasteiger partial charge < -0.3 is 10.1 Å². The molecule has 1 aromatic carbocycles. The van der Waals surface area contributed by atoms with Gasteiger partial charge in [0, 0.05) is 13.5 Å². The fourth-order valence-electron chi connectivity index (χ4n) is 3.07. The van der Waals surface area contributed by atoms with E-state index in [1.807, 2.05) is 0 Å². The molecule has 0 aliphatic carbocycles. The van der Waals surface area contributed by atoms with E-state index < -0.39 is 23.4 Å². The number of aromatic nitrogens is 2. The summed E-state index contributed by atoms with van der Waals surface area (Å²) in [4.78, 5) is 52.9. The van der Waals surface area contributed by atoms with Gasteiger partial charge in [0.1, 0.15) is 18.5 Å². The molecule has 3 amide bonds. The number of carbonyl (C=O) groups excluding carboxylic acids is 3. The summed E-state index contributed by atoms with van der Waals surface area (Å²) < 4.78 is 6.06. The molecule has 26 heavy (non-hydrogen) atoms. The molecule has 0 radical (unpaired) electrons. The van der Waals surface area contributed by atoms with Gasteiger partial charge in [0.25, 0.3) is 5.56 Å². The van der Waals surface area contributed by atoms with Crippen LogP contribution in [0.2, 0.25) is 0 Å². The summed E-state index contributed by atoms with van der Waals surface area (Å²) in [6.07, 6.45) is 0.364. The van der Waals surface area contributed by atoms with Gasteiger partial charge in [-0.2, -0.15) is 0 Å². The van der Waals surface area contributed by atoms with Crippen LogP contribution in [-0.2, 0) is 19.1 Å². The van der Waals surface area contributed by atoms with E-state index in [-0.39, 0.29) is 30.7 Å². The lowest BCUT2D eigenvalue weighted by atomic mass is 10.1. The van der Waals surface area contributed by atoms with Crippen molar-refractivity contribution in [1.82, 2.24) is 14.9 Å². The van der Waals surface area contributed by atoms with Crippen LogP contribution in [-0.4, -0.2) is 41.0 Å². The number of methoxy groups -OCH3 is 1. The Balaban J connectivity index is 2.14. The Kier molecular flexibility index (Phi) is 4.81. The molecule has 9 nitrogen and oxygen atoms in total. The summed E-state index contributed by atoms with van der Waals surface area (Å²) >= 11 is 0. The van der Waals surface area contributed by atoms with Gasteiger partial charge in [0.2, 0.25) is 17.7 Å². The summed E-state index contributed by atoms with van der Waals surface area (Å²) in [7, 11) is 1.39. The second-order valence-corrected chi connectivity index (χ2v) is 5.98. The van der Waals surface area contributed by atoms with Crippen LogP contribution in [0.1, 0.15) is 24.7 Å². The first-order valence-corrected chi connectivity index (χ1v) is 8.06. The lowest BCUT2D eigenvalue weighted by Gasteiger charge is -2.24. The minimum atomic E-state index is -0.820. The zero-order valence-corrected chi connectivity index (χ0v) is 14.4. The Bertz CT molecular complexity index is 966. The maximum atomic E-state index is 13.1. The lowest BCUT2D eigenvalue weighted by Crippen LogP contribution is -2.45. The third-order valence-corrected chi connectivity index (χ3v) is 4.18. The average Bonchev–Trinajstić information content (AvgIpc) is 2.56. The van der Waals surface area contributed by atoms with Crippen molar-refractivity contribution in [3.8, 4) is 0 Å². The van der Waals surface area contributed by atoms with Gasteiger partial charge in [-0.05, 0) is 25.5 Å². The molecule has 2 heterocycles. The van der Waals surface area contributed by atoms with Gasteiger partial charge in [-0.15, -0.1) is 0 Å². The number of nitrogens with one attached hydrogen (secondary N) is 2. The highest BCUT2D eigenvalue weighted by Crippen LogP contribution is 2.23. The average molecular weight is 358 g/mol. The molecule has 1 saturated heterocycles. The molecule has 1 fully saturated rings. The maximum Gasteiger partial charge on any atom is 0.264 e. The summed E-state index contributed by atoms with van der Waals surface area (Å²) in [5.74, 6) is -0.948. The Morgan fingerprint density at radius 1 is 1.38 bits per heavy atom. The predicted octanol–water partition coefficient (Wildman–Crippen LogP) is 0.268. The fourth-order valence-corrected chi connectivity index (χ4v) is 3.07. The number of benzene rings is 1. The van der Waals surface area contributed by atoms with E-state index >= 15 is 0 Å². The number of aryl methyl sites for hydroxylation is 1. The highest BCUT2D eigenvalue weighted by molar-refractivity contribution is 6.02. The number of fused-ring (bicyclic) bond motifs is 1. The Labute approximate surface area is 148 Å². The molecule has 3 rings (SSSR count). The minimum absolute atomic E-state index is 0.145. The van der Waals surface area contributed by atoms with Crippen molar-refractivity contribution in [1.29, 1.82) is 0 Å². The number of nitrogens with zero attached hydrogens (tertiary/aromatic N) is 2. The van der Waals surface area contributed by atoms with Crippen molar-refractivity contribution in [3.63, 3.8) is 0 Å². The zero-order valence-electron chi connectivity index (χ0n) is 14.4. The van der Waals surface area contributed by atoms with Crippen molar-refractivity contribution in [2.24, 2.45) is 0 Å². The molecule has 2 N–H and O–H groups in total. The summed E-state index contributed by atoms with van der Waals surface area (Å²) in [5, 5.41) is 5.07. The number of hydrogen-bond donors (Lipinski definition) is 2. The number of anilines is 1. The molecule has 2 aromatic rings. The van der Waals surface area contributed by atoms with Crippen molar-refractivity contribution in [2.45, 2.75) is 25.8 Å². The number of ether oxygens (including phenoxy) is 1. The van der Waals surface area contributed by atoms with Gasteiger partial charge in [-0.3, -0.25) is 29.1 Å². The van der Waals surface area contributed by atoms with Crippen LogP contribution in [0, 0.1) is 6.92 Å². The summed E-state index contributed by atoms with van der Waals surface area (Å²) in [6.45, 7) is 1.47. The Hall–Kier alpha value is -3.07. The first-order valence-electron chi connectivity index (χ1n) is 8.06. The van der Waals surface area contributed by atoms with Crippen LogP contribution in [0.5, 0.6) is 0 Å². The van der Waals surface area contributed by atoms with Gasteiger partial charge in [0.15, 0.2) is 0 Å². The van der Waals surface area contributed by atoms with Crippen molar-refractivity contribution >= 4 is 34.3 Å². The van der Waals surface area contributed by atoms with Gasteiger partial charge in [0.05, 0.1) is 16.6 Å². The van der Waals surface area contributed by atoms with Crippen LogP contribution in [0.4, 0.5) is 5.69 Å². The number of rotatable bonds is 4. The Morgan fingerprint density at radius 2 is 2.15 bits per heavy atom. The first-order chi connectivity index (χ1) is 12.4. The molecule has 136 valence electrons. The molecule has 0 bridgehead atoms. The third kappa shape index (κ3) is 3.21. The molecule has 1 aliphatic heterocycles. The van der Waals surface area contributed by atoms with Gasteiger partial charge >= 0.3 is 0 Å². The molecule has 0 saturated carbocycles. The van der Waals surface area contributed by atoms with Crippen LogP contribution in [0.15, 0.2) is 23.0 Å².